The number of ether oxygens (including phenoxy) is 1. The zero-order valence-electron chi connectivity index (χ0n) is 11.9. The van der Waals surface area contributed by atoms with Crippen molar-refractivity contribution in [3.05, 3.63) is 32.3 Å². The third kappa shape index (κ3) is 4.03. The molecule has 1 saturated carbocycles. The van der Waals surface area contributed by atoms with Crippen LogP contribution in [0.15, 0.2) is 16.6 Å². The van der Waals surface area contributed by atoms with E-state index in [0.29, 0.717) is 17.0 Å². The fourth-order valence-corrected chi connectivity index (χ4v) is 3.13. The summed E-state index contributed by atoms with van der Waals surface area (Å²) in [6.07, 6.45) is 5.76. The van der Waals surface area contributed by atoms with E-state index >= 15 is 0 Å². The van der Waals surface area contributed by atoms with Crippen molar-refractivity contribution in [2.75, 3.05) is 6.61 Å². The van der Waals surface area contributed by atoms with Crippen molar-refractivity contribution < 1.29 is 14.5 Å². The molecule has 114 valence electrons. The van der Waals surface area contributed by atoms with Crippen LogP contribution in [0.5, 0.6) is 5.75 Å². The number of nitro benzene ring substituents is 1. The lowest BCUT2D eigenvalue weighted by Crippen LogP contribution is -2.17. The second kappa shape index (κ2) is 7.02. The van der Waals surface area contributed by atoms with Crippen molar-refractivity contribution in [2.24, 2.45) is 5.92 Å². The maximum Gasteiger partial charge on any atom is 0.312 e. The minimum absolute atomic E-state index is 0.0984. The summed E-state index contributed by atoms with van der Waals surface area (Å²) in [5, 5.41) is 11.2. The van der Waals surface area contributed by atoms with Crippen LogP contribution in [0, 0.1) is 16.0 Å². The van der Waals surface area contributed by atoms with Crippen LogP contribution in [0.4, 0.5) is 5.69 Å². The number of hydrogen-bond acceptors (Lipinski definition) is 4. The van der Waals surface area contributed by atoms with E-state index in [-0.39, 0.29) is 22.8 Å². The first-order chi connectivity index (χ1) is 9.99. The van der Waals surface area contributed by atoms with Crippen LogP contribution in [-0.2, 0) is 0 Å². The molecule has 1 aliphatic carbocycles. The van der Waals surface area contributed by atoms with Gasteiger partial charge in [-0.2, -0.15) is 0 Å². The molecular formula is C15H18BrNO4. The number of nitro groups is 1. The highest BCUT2D eigenvalue weighted by molar-refractivity contribution is 9.10. The molecule has 0 spiro atoms. The molecule has 6 heteroatoms. The van der Waals surface area contributed by atoms with Crippen molar-refractivity contribution in [1.29, 1.82) is 0 Å². The van der Waals surface area contributed by atoms with Crippen molar-refractivity contribution in [2.45, 2.75) is 39.0 Å². The summed E-state index contributed by atoms with van der Waals surface area (Å²) < 4.78 is 6.21. The molecule has 0 radical (unpaired) electrons. The van der Waals surface area contributed by atoms with Crippen LogP contribution in [0.25, 0.3) is 0 Å². The highest BCUT2D eigenvalue weighted by atomic mass is 79.9. The smallest absolute Gasteiger partial charge is 0.312 e. The summed E-state index contributed by atoms with van der Waals surface area (Å²) >= 11 is 3.20. The molecule has 1 fully saturated rings. The first kappa shape index (κ1) is 15.9. The summed E-state index contributed by atoms with van der Waals surface area (Å²) in [6.45, 7) is 1.82. The Morgan fingerprint density at radius 3 is 2.62 bits per heavy atom. The molecule has 0 atom stereocenters. The number of carbonyl (C=O) groups is 1. The number of hydrogen-bond donors (Lipinski definition) is 0. The third-order valence-corrected chi connectivity index (χ3v) is 4.26. The largest absolute Gasteiger partial charge is 0.486 e. The highest BCUT2D eigenvalue weighted by Gasteiger charge is 2.24. The Bertz CT molecular complexity index is 518. The molecule has 0 aliphatic heterocycles. The summed E-state index contributed by atoms with van der Waals surface area (Å²) in [5.74, 6) is 0.279. The zero-order valence-corrected chi connectivity index (χ0v) is 13.5. The minimum atomic E-state index is -0.507. The maximum atomic E-state index is 11.7. The van der Waals surface area contributed by atoms with Crippen LogP contribution < -0.4 is 4.74 Å². The highest BCUT2D eigenvalue weighted by Crippen LogP contribution is 2.36. The second-order valence-corrected chi connectivity index (χ2v) is 6.35. The number of nitrogens with zero attached hydrogens (tertiary/aromatic N) is 1. The number of rotatable bonds is 5. The zero-order chi connectivity index (χ0) is 15.4. The van der Waals surface area contributed by atoms with Gasteiger partial charge in [-0.05, 0) is 31.7 Å². The SMILES string of the molecule is CC(=O)c1cc(Br)cc([N+](=O)[O-])c1OCC1CCCCC1. The number of halogens is 1. The molecule has 0 bridgehead atoms. The minimum Gasteiger partial charge on any atom is -0.486 e. The van der Waals surface area contributed by atoms with Crippen molar-refractivity contribution in [1.82, 2.24) is 0 Å². The van der Waals surface area contributed by atoms with Gasteiger partial charge < -0.3 is 4.74 Å². The predicted octanol–water partition coefficient (Wildman–Crippen LogP) is 4.52. The number of Topliss-reactive ketones (excluding diaryl/α,β-unsaturated/α-hetero) is 1. The molecule has 0 unspecified atom stereocenters. The van der Waals surface area contributed by atoms with Gasteiger partial charge in [-0.15, -0.1) is 0 Å². The van der Waals surface area contributed by atoms with Crippen LogP contribution >= 0.6 is 15.9 Å². The number of ketones is 1. The maximum absolute atomic E-state index is 11.7. The molecule has 0 N–H and O–H groups in total. The van der Waals surface area contributed by atoms with E-state index in [1.54, 1.807) is 6.07 Å². The second-order valence-electron chi connectivity index (χ2n) is 5.43. The van der Waals surface area contributed by atoms with Gasteiger partial charge in [0.05, 0.1) is 17.1 Å². The summed E-state index contributed by atoms with van der Waals surface area (Å²) in [5.41, 5.74) is 0.0947. The van der Waals surface area contributed by atoms with Crippen molar-refractivity contribution in [3.63, 3.8) is 0 Å². The predicted molar refractivity (Wildman–Crippen MR) is 82.9 cm³/mol. The monoisotopic (exact) mass is 355 g/mol. The molecule has 0 saturated heterocycles. The van der Waals surface area contributed by atoms with E-state index in [1.807, 2.05) is 0 Å². The van der Waals surface area contributed by atoms with Crippen molar-refractivity contribution >= 4 is 27.4 Å². The van der Waals surface area contributed by atoms with E-state index in [9.17, 15) is 14.9 Å². The van der Waals surface area contributed by atoms with Gasteiger partial charge in [-0.25, -0.2) is 0 Å². The van der Waals surface area contributed by atoms with Gasteiger partial charge >= 0.3 is 5.69 Å². The lowest BCUT2D eigenvalue weighted by Gasteiger charge is -2.22. The fraction of sp³-hybridized carbons (Fsp3) is 0.533. The first-order valence-electron chi connectivity index (χ1n) is 7.10. The number of benzene rings is 1. The van der Waals surface area contributed by atoms with Gasteiger partial charge in [-0.1, -0.05) is 35.2 Å². The van der Waals surface area contributed by atoms with Crippen LogP contribution in [-0.4, -0.2) is 17.3 Å². The normalized spacial score (nSPS) is 15.7. The summed E-state index contributed by atoms with van der Waals surface area (Å²) in [6, 6.07) is 2.95. The summed E-state index contributed by atoms with van der Waals surface area (Å²) in [4.78, 5) is 22.4. The lowest BCUT2D eigenvalue weighted by molar-refractivity contribution is -0.386. The Labute approximate surface area is 132 Å². The molecule has 0 aromatic heterocycles. The van der Waals surface area contributed by atoms with Gasteiger partial charge in [-0.3, -0.25) is 14.9 Å². The first-order valence-corrected chi connectivity index (χ1v) is 7.90. The quantitative estimate of drug-likeness (QED) is 0.442. The van der Waals surface area contributed by atoms with E-state index in [4.69, 9.17) is 4.74 Å². The molecule has 1 aliphatic rings. The molecule has 1 aromatic carbocycles. The van der Waals surface area contributed by atoms with Gasteiger partial charge in [0.2, 0.25) is 5.75 Å². The van der Waals surface area contributed by atoms with Gasteiger partial charge in [0.15, 0.2) is 5.78 Å². The summed E-state index contributed by atoms with van der Waals surface area (Å²) in [7, 11) is 0. The molecule has 1 aromatic rings. The molecule has 0 amide bonds. The molecule has 2 rings (SSSR count). The van der Waals surface area contributed by atoms with Gasteiger partial charge in [0.1, 0.15) is 0 Å². The standard InChI is InChI=1S/C15H18BrNO4/c1-10(18)13-7-12(16)8-14(17(19)20)15(13)21-9-11-5-3-2-4-6-11/h7-8,11H,2-6,9H2,1H3. The van der Waals surface area contributed by atoms with Crippen LogP contribution in [0.3, 0.4) is 0 Å². The Hall–Kier alpha value is -1.43. The van der Waals surface area contributed by atoms with Crippen LogP contribution in [0.1, 0.15) is 49.4 Å². The third-order valence-electron chi connectivity index (χ3n) is 3.80. The van der Waals surface area contributed by atoms with Gasteiger partial charge in [0.25, 0.3) is 0 Å². The number of carbonyl (C=O) groups excluding carboxylic acids is 1. The average molecular weight is 356 g/mol. The molecular weight excluding hydrogens is 338 g/mol. The van der Waals surface area contributed by atoms with E-state index in [2.05, 4.69) is 15.9 Å². The fourth-order valence-electron chi connectivity index (χ4n) is 2.68. The van der Waals surface area contributed by atoms with E-state index in [1.165, 1.54) is 32.3 Å². The Morgan fingerprint density at radius 2 is 2.05 bits per heavy atom. The van der Waals surface area contributed by atoms with Crippen LogP contribution in [0.2, 0.25) is 0 Å². The Kier molecular flexibility index (Phi) is 5.33. The Morgan fingerprint density at radius 1 is 1.38 bits per heavy atom. The molecule has 5 nitrogen and oxygen atoms in total. The average Bonchev–Trinajstić information content (AvgIpc) is 2.46. The van der Waals surface area contributed by atoms with Gasteiger partial charge in [0, 0.05) is 10.5 Å². The van der Waals surface area contributed by atoms with Crippen molar-refractivity contribution in [3.8, 4) is 5.75 Å². The molecule has 21 heavy (non-hydrogen) atoms. The van der Waals surface area contributed by atoms with E-state index < -0.39 is 4.92 Å². The topological polar surface area (TPSA) is 69.4 Å². The van der Waals surface area contributed by atoms with E-state index in [0.717, 1.165) is 12.8 Å². The Balaban J connectivity index is 2.26. The molecule has 0 heterocycles. The lowest BCUT2D eigenvalue weighted by atomic mass is 9.90.